The zero-order chi connectivity index (χ0) is 24.6. The number of fused-ring (bicyclic) bond motifs is 2. The van der Waals surface area contributed by atoms with Crippen LogP contribution in [0.25, 0.3) is 27.1 Å². The number of aliphatic imine (C=N–C) groups is 1. The summed E-state index contributed by atoms with van der Waals surface area (Å²) in [6.07, 6.45) is 1.29. The standard InChI is InChI=1S/C25H20ClFN6O/c1-12-7-13(8-16-19(11-30)32-33-25(34)20(12)16)17(9-28)24(31-2)21-18(10-29)14-5-3-4-6-15(14)22(26)23(21)27/h3-9H,11,28,30H2,1-2H3,(H,33,34)/b17-9-,31-24?. The lowest BCUT2D eigenvalue weighted by Crippen LogP contribution is -2.16. The summed E-state index contributed by atoms with van der Waals surface area (Å²) in [7, 11) is 1.48. The van der Waals surface area contributed by atoms with Crippen molar-refractivity contribution in [1.29, 1.82) is 5.26 Å². The van der Waals surface area contributed by atoms with E-state index in [4.69, 9.17) is 23.1 Å². The third kappa shape index (κ3) is 3.52. The number of aryl methyl sites for hydroxylation is 1. The van der Waals surface area contributed by atoms with Crippen molar-refractivity contribution in [1.82, 2.24) is 10.2 Å². The predicted molar refractivity (Wildman–Crippen MR) is 133 cm³/mol. The van der Waals surface area contributed by atoms with Crippen LogP contribution in [-0.4, -0.2) is 23.0 Å². The summed E-state index contributed by atoms with van der Waals surface area (Å²) in [5.41, 5.74) is 13.7. The molecule has 7 nitrogen and oxygen atoms in total. The smallest absolute Gasteiger partial charge is 0.272 e. The number of benzene rings is 3. The number of H-pyrrole nitrogens is 1. The van der Waals surface area contributed by atoms with E-state index in [-0.39, 0.29) is 34.0 Å². The fraction of sp³-hybridized carbons (Fsp3) is 0.120. The molecule has 0 saturated carbocycles. The molecule has 0 radical (unpaired) electrons. The topological polar surface area (TPSA) is 134 Å². The third-order valence-electron chi connectivity index (χ3n) is 5.76. The Morgan fingerprint density at radius 3 is 2.62 bits per heavy atom. The molecule has 0 saturated heterocycles. The van der Waals surface area contributed by atoms with Gasteiger partial charge in [-0.2, -0.15) is 10.4 Å². The molecule has 4 rings (SSSR count). The lowest BCUT2D eigenvalue weighted by atomic mass is 9.88. The first-order valence-electron chi connectivity index (χ1n) is 10.3. The molecular formula is C25H20ClFN6O. The molecular weight excluding hydrogens is 455 g/mol. The van der Waals surface area contributed by atoms with Gasteiger partial charge in [0.25, 0.3) is 5.56 Å². The first-order valence-corrected chi connectivity index (χ1v) is 10.7. The number of nitrogens with zero attached hydrogens (tertiary/aromatic N) is 3. The normalized spacial score (nSPS) is 12.4. The number of allylic oxidation sites excluding steroid dienone is 1. The van der Waals surface area contributed by atoms with E-state index in [2.05, 4.69) is 21.3 Å². The predicted octanol–water partition coefficient (Wildman–Crippen LogP) is 3.93. The number of aromatic amines is 1. The van der Waals surface area contributed by atoms with Crippen LogP contribution in [0, 0.1) is 24.1 Å². The average Bonchev–Trinajstić information content (AvgIpc) is 2.84. The van der Waals surface area contributed by atoms with Crippen molar-refractivity contribution in [2.75, 3.05) is 7.05 Å². The van der Waals surface area contributed by atoms with Gasteiger partial charge in [0, 0.05) is 41.5 Å². The number of nitrogens with one attached hydrogen (secondary N) is 1. The van der Waals surface area contributed by atoms with Gasteiger partial charge in [-0.3, -0.25) is 9.79 Å². The average molecular weight is 475 g/mol. The first kappa shape index (κ1) is 23.1. The maximum atomic E-state index is 15.6. The maximum Gasteiger partial charge on any atom is 0.272 e. The van der Waals surface area contributed by atoms with E-state index < -0.39 is 5.82 Å². The summed E-state index contributed by atoms with van der Waals surface area (Å²) in [6, 6.07) is 12.4. The minimum absolute atomic E-state index is 0.0498. The highest BCUT2D eigenvalue weighted by Gasteiger charge is 2.25. The van der Waals surface area contributed by atoms with E-state index >= 15 is 4.39 Å². The Morgan fingerprint density at radius 1 is 1.29 bits per heavy atom. The van der Waals surface area contributed by atoms with Crippen molar-refractivity contribution in [3.05, 3.63) is 91.7 Å². The van der Waals surface area contributed by atoms with Gasteiger partial charge < -0.3 is 11.5 Å². The second-order valence-corrected chi connectivity index (χ2v) is 7.99. The molecule has 0 unspecified atom stereocenters. The monoisotopic (exact) mass is 474 g/mol. The Morgan fingerprint density at radius 2 is 2.00 bits per heavy atom. The van der Waals surface area contributed by atoms with E-state index in [0.717, 1.165) is 0 Å². The Kier molecular flexibility index (Phi) is 6.16. The summed E-state index contributed by atoms with van der Waals surface area (Å²) in [5, 5.41) is 18.3. The summed E-state index contributed by atoms with van der Waals surface area (Å²) in [6.45, 7) is 1.87. The maximum absolute atomic E-state index is 15.6. The Labute approximate surface area is 199 Å². The largest absolute Gasteiger partial charge is 0.404 e. The molecule has 0 amide bonds. The van der Waals surface area contributed by atoms with Crippen molar-refractivity contribution >= 4 is 44.4 Å². The Hall–Kier alpha value is -4.06. The van der Waals surface area contributed by atoms with Gasteiger partial charge in [-0.25, -0.2) is 9.49 Å². The molecule has 0 bridgehead atoms. The highest BCUT2D eigenvalue weighted by Crippen LogP contribution is 2.36. The van der Waals surface area contributed by atoms with Crippen LogP contribution in [0.1, 0.15) is 27.9 Å². The molecule has 4 aromatic rings. The molecule has 0 spiro atoms. The Bertz CT molecular complexity index is 1630. The fourth-order valence-corrected chi connectivity index (χ4v) is 4.50. The molecule has 0 atom stereocenters. The quantitative estimate of drug-likeness (QED) is 0.385. The van der Waals surface area contributed by atoms with Crippen molar-refractivity contribution in [2.24, 2.45) is 16.5 Å². The molecule has 170 valence electrons. The van der Waals surface area contributed by atoms with E-state index in [0.29, 0.717) is 43.9 Å². The van der Waals surface area contributed by atoms with Crippen molar-refractivity contribution in [2.45, 2.75) is 13.5 Å². The number of hydrogen-bond donors (Lipinski definition) is 3. The van der Waals surface area contributed by atoms with Gasteiger partial charge >= 0.3 is 0 Å². The molecule has 5 N–H and O–H groups in total. The van der Waals surface area contributed by atoms with Gasteiger partial charge in [-0.05, 0) is 24.1 Å². The van der Waals surface area contributed by atoms with Gasteiger partial charge in [0.15, 0.2) is 5.82 Å². The summed E-state index contributed by atoms with van der Waals surface area (Å²) < 4.78 is 15.6. The zero-order valence-electron chi connectivity index (χ0n) is 18.4. The van der Waals surface area contributed by atoms with E-state index in [1.54, 1.807) is 43.3 Å². The minimum Gasteiger partial charge on any atom is -0.404 e. The number of aromatic nitrogens is 2. The number of hydrogen-bond acceptors (Lipinski definition) is 6. The van der Waals surface area contributed by atoms with Gasteiger partial charge in [0.1, 0.15) is 6.07 Å². The second-order valence-electron chi connectivity index (χ2n) is 7.61. The van der Waals surface area contributed by atoms with Crippen molar-refractivity contribution in [3.8, 4) is 6.07 Å². The summed E-state index contributed by atoms with van der Waals surface area (Å²) in [4.78, 5) is 16.7. The Balaban J connectivity index is 2.04. The van der Waals surface area contributed by atoms with Crippen LogP contribution < -0.4 is 17.0 Å². The molecule has 9 heteroatoms. The third-order valence-corrected chi connectivity index (χ3v) is 6.13. The molecule has 0 aliphatic heterocycles. The van der Waals surface area contributed by atoms with Crippen LogP contribution in [0.4, 0.5) is 4.39 Å². The minimum atomic E-state index is -0.768. The molecule has 0 fully saturated rings. The van der Waals surface area contributed by atoms with Crippen LogP contribution in [-0.2, 0) is 6.54 Å². The van der Waals surface area contributed by atoms with Gasteiger partial charge in [0.2, 0.25) is 0 Å². The lowest BCUT2D eigenvalue weighted by molar-refractivity contribution is 0.627. The van der Waals surface area contributed by atoms with Gasteiger partial charge in [-0.1, -0.05) is 41.9 Å². The first-order chi connectivity index (χ1) is 16.4. The number of rotatable bonds is 4. The highest BCUT2D eigenvalue weighted by molar-refractivity contribution is 6.39. The van der Waals surface area contributed by atoms with E-state index in [1.165, 1.54) is 13.2 Å². The van der Waals surface area contributed by atoms with Gasteiger partial charge in [0.05, 0.1) is 32.9 Å². The van der Waals surface area contributed by atoms with Crippen molar-refractivity contribution in [3.63, 3.8) is 0 Å². The number of nitrogens with two attached hydrogens (primary N) is 2. The SMILES string of the molecule is CN=C(/C(=C\N)c1cc(C)c2c(=O)[nH]nc(CN)c2c1)c1c(F)c(Cl)c2ccccc2c1C#N. The van der Waals surface area contributed by atoms with Gasteiger partial charge in [-0.15, -0.1) is 0 Å². The molecule has 1 aromatic heterocycles. The molecule has 1 heterocycles. The fourth-order valence-electron chi connectivity index (χ4n) is 4.24. The van der Waals surface area contributed by atoms with Crippen LogP contribution in [0.3, 0.4) is 0 Å². The molecule has 0 aliphatic carbocycles. The number of nitriles is 1. The summed E-state index contributed by atoms with van der Waals surface area (Å²) in [5.74, 6) is -0.768. The molecule has 34 heavy (non-hydrogen) atoms. The van der Waals surface area contributed by atoms with Crippen LogP contribution in [0.2, 0.25) is 5.02 Å². The van der Waals surface area contributed by atoms with Crippen molar-refractivity contribution < 1.29 is 4.39 Å². The van der Waals surface area contributed by atoms with E-state index in [9.17, 15) is 10.1 Å². The summed E-state index contributed by atoms with van der Waals surface area (Å²) >= 11 is 6.36. The zero-order valence-corrected chi connectivity index (χ0v) is 19.2. The lowest BCUT2D eigenvalue weighted by Gasteiger charge is -2.17. The highest BCUT2D eigenvalue weighted by atomic mass is 35.5. The second kappa shape index (κ2) is 9.06. The van der Waals surface area contributed by atoms with Crippen LogP contribution >= 0.6 is 11.6 Å². The molecule has 3 aromatic carbocycles. The molecule has 0 aliphatic rings. The van der Waals surface area contributed by atoms with E-state index in [1.807, 2.05) is 0 Å². The van der Waals surface area contributed by atoms with Crippen LogP contribution in [0.5, 0.6) is 0 Å². The number of halogens is 2. The van der Waals surface area contributed by atoms with Crippen LogP contribution in [0.15, 0.2) is 52.4 Å².